The number of hydrogen-bond donors (Lipinski definition) is 1. The summed E-state index contributed by atoms with van der Waals surface area (Å²) in [6.45, 7) is 2.00. The lowest BCUT2D eigenvalue weighted by atomic mass is 9.95. The van der Waals surface area contributed by atoms with E-state index in [1.165, 1.54) is 23.3 Å². The van der Waals surface area contributed by atoms with Crippen molar-refractivity contribution in [2.45, 2.75) is 32.1 Å². The number of carboxylic acids is 1. The molecular weight excluding hydrogens is 322 g/mol. The highest BCUT2D eigenvalue weighted by molar-refractivity contribution is 5.88. The average molecular weight is 341 g/mol. The molecule has 25 heavy (non-hydrogen) atoms. The number of rotatable bonds is 5. The quantitative estimate of drug-likeness (QED) is 0.898. The summed E-state index contributed by atoms with van der Waals surface area (Å²) >= 11 is 0. The third-order valence-electron chi connectivity index (χ3n) is 4.26. The van der Waals surface area contributed by atoms with Gasteiger partial charge in [-0.05, 0) is 25.3 Å². The summed E-state index contributed by atoms with van der Waals surface area (Å²) in [6.07, 6.45) is 9.18. The summed E-state index contributed by atoms with van der Waals surface area (Å²) in [5, 5.41) is 17.2. The predicted octanol–water partition coefficient (Wildman–Crippen LogP) is 2.90. The maximum Gasteiger partial charge on any atom is 0.335 e. The van der Waals surface area contributed by atoms with E-state index in [1.54, 1.807) is 0 Å². The Hall–Kier alpha value is -2.96. The van der Waals surface area contributed by atoms with Crippen molar-refractivity contribution < 1.29 is 14.3 Å². The zero-order valence-corrected chi connectivity index (χ0v) is 14.1. The van der Waals surface area contributed by atoms with Gasteiger partial charge in [0.05, 0.1) is 5.56 Å². The summed E-state index contributed by atoms with van der Waals surface area (Å²) in [5.74, 6) is -0.524. The highest BCUT2D eigenvalue weighted by atomic mass is 16.4. The molecule has 0 bridgehead atoms. The fraction of sp³-hybridized carbons (Fsp3) is 0.333. The van der Waals surface area contributed by atoms with E-state index in [9.17, 15) is 9.59 Å². The molecule has 0 radical (unpaired) electrons. The van der Waals surface area contributed by atoms with Gasteiger partial charge in [-0.2, -0.15) is 0 Å². The van der Waals surface area contributed by atoms with Gasteiger partial charge in [0, 0.05) is 19.0 Å². The minimum Gasteiger partial charge on any atom is -0.478 e. The van der Waals surface area contributed by atoms with Crippen molar-refractivity contribution in [1.82, 2.24) is 14.8 Å². The van der Waals surface area contributed by atoms with Crippen LogP contribution in [0.4, 0.5) is 0 Å². The molecule has 2 aromatic heterocycles. The first-order valence-corrected chi connectivity index (χ1v) is 8.08. The van der Waals surface area contributed by atoms with Crippen molar-refractivity contribution >= 4 is 5.97 Å². The van der Waals surface area contributed by atoms with Gasteiger partial charge in [-0.1, -0.05) is 30.7 Å². The first-order chi connectivity index (χ1) is 12.0. The molecule has 0 amide bonds. The molecule has 7 nitrogen and oxygen atoms in total. The second-order valence-electron chi connectivity index (χ2n) is 6.17. The SMILES string of the molecule is CC(CC1=CC=CCC1)c1nnc(-c2cc(C(=O)O)cc(=O)n2C)o1. The van der Waals surface area contributed by atoms with E-state index < -0.39 is 11.5 Å². The summed E-state index contributed by atoms with van der Waals surface area (Å²) < 4.78 is 7.02. The van der Waals surface area contributed by atoms with E-state index >= 15 is 0 Å². The summed E-state index contributed by atoms with van der Waals surface area (Å²) in [4.78, 5) is 23.1. The van der Waals surface area contributed by atoms with Crippen molar-refractivity contribution in [3.05, 3.63) is 57.7 Å². The van der Waals surface area contributed by atoms with Crippen LogP contribution in [0.3, 0.4) is 0 Å². The smallest absolute Gasteiger partial charge is 0.335 e. The molecule has 1 N–H and O–H groups in total. The Morgan fingerprint density at radius 3 is 2.88 bits per heavy atom. The largest absolute Gasteiger partial charge is 0.478 e. The second-order valence-corrected chi connectivity index (χ2v) is 6.17. The molecule has 0 fully saturated rings. The van der Waals surface area contributed by atoms with Gasteiger partial charge < -0.3 is 14.1 Å². The number of aromatic nitrogens is 3. The Labute approximate surface area is 144 Å². The van der Waals surface area contributed by atoms with E-state index in [-0.39, 0.29) is 23.1 Å². The fourth-order valence-electron chi connectivity index (χ4n) is 2.80. The first kappa shape index (κ1) is 16.9. The molecule has 0 spiro atoms. The summed E-state index contributed by atoms with van der Waals surface area (Å²) in [5.41, 5.74) is 1.07. The Morgan fingerprint density at radius 1 is 1.40 bits per heavy atom. The zero-order valence-electron chi connectivity index (χ0n) is 14.1. The lowest BCUT2D eigenvalue weighted by Gasteiger charge is -2.12. The lowest BCUT2D eigenvalue weighted by molar-refractivity contribution is 0.0696. The maximum absolute atomic E-state index is 11.9. The number of hydrogen-bond acceptors (Lipinski definition) is 5. The van der Waals surface area contributed by atoms with Crippen LogP contribution in [-0.4, -0.2) is 25.8 Å². The number of allylic oxidation sites excluding steroid dienone is 4. The number of carbonyl (C=O) groups is 1. The predicted molar refractivity (Wildman–Crippen MR) is 91.4 cm³/mol. The van der Waals surface area contributed by atoms with E-state index in [2.05, 4.69) is 28.4 Å². The van der Waals surface area contributed by atoms with Crippen LogP contribution in [-0.2, 0) is 7.05 Å². The molecular formula is C18H19N3O4. The molecule has 1 aliphatic rings. The molecule has 7 heteroatoms. The van der Waals surface area contributed by atoms with Crippen LogP contribution in [0.2, 0.25) is 0 Å². The van der Waals surface area contributed by atoms with Crippen molar-refractivity contribution in [3.63, 3.8) is 0 Å². The van der Waals surface area contributed by atoms with Crippen LogP contribution in [0.25, 0.3) is 11.6 Å². The highest BCUT2D eigenvalue weighted by Crippen LogP contribution is 2.28. The number of carboxylic acid groups (broad SMARTS) is 1. The molecule has 0 saturated carbocycles. The number of nitrogens with zero attached hydrogens (tertiary/aromatic N) is 3. The molecule has 130 valence electrons. The van der Waals surface area contributed by atoms with Gasteiger partial charge in [0.2, 0.25) is 5.89 Å². The van der Waals surface area contributed by atoms with Gasteiger partial charge in [0.25, 0.3) is 11.4 Å². The first-order valence-electron chi connectivity index (χ1n) is 8.08. The molecule has 1 atom stereocenters. The number of pyridine rings is 1. The average Bonchev–Trinajstić information content (AvgIpc) is 3.08. The minimum atomic E-state index is -1.18. The van der Waals surface area contributed by atoms with E-state index in [4.69, 9.17) is 9.52 Å². The van der Waals surface area contributed by atoms with Gasteiger partial charge in [0.1, 0.15) is 5.69 Å². The fourth-order valence-corrected chi connectivity index (χ4v) is 2.80. The van der Waals surface area contributed by atoms with Crippen molar-refractivity contribution in [1.29, 1.82) is 0 Å². The Balaban J connectivity index is 1.88. The minimum absolute atomic E-state index is 0.0404. The summed E-state index contributed by atoms with van der Waals surface area (Å²) in [6, 6.07) is 2.43. The van der Waals surface area contributed by atoms with Gasteiger partial charge in [0.15, 0.2) is 0 Å². The standard InChI is InChI=1S/C18H19N3O4/c1-11(8-12-6-4-3-5-7-12)16-19-20-17(25-16)14-9-13(18(23)24)10-15(22)21(14)2/h3-4,6,9-11H,5,7-8H2,1-2H3,(H,23,24). The van der Waals surface area contributed by atoms with E-state index in [0.29, 0.717) is 5.89 Å². The second kappa shape index (κ2) is 6.88. The molecule has 0 aromatic carbocycles. The van der Waals surface area contributed by atoms with Gasteiger partial charge in [-0.25, -0.2) is 4.79 Å². The van der Waals surface area contributed by atoms with E-state index in [0.717, 1.165) is 25.3 Å². The van der Waals surface area contributed by atoms with Gasteiger partial charge >= 0.3 is 5.97 Å². The Morgan fingerprint density at radius 2 is 2.20 bits per heavy atom. The monoisotopic (exact) mass is 341 g/mol. The maximum atomic E-state index is 11.9. The van der Waals surface area contributed by atoms with Crippen LogP contribution >= 0.6 is 0 Å². The van der Waals surface area contributed by atoms with Crippen LogP contribution in [0, 0.1) is 0 Å². The zero-order chi connectivity index (χ0) is 18.0. The molecule has 3 rings (SSSR count). The van der Waals surface area contributed by atoms with Crippen LogP contribution in [0.1, 0.15) is 48.4 Å². The van der Waals surface area contributed by atoms with Crippen LogP contribution < -0.4 is 5.56 Å². The van der Waals surface area contributed by atoms with E-state index in [1.807, 2.05) is 6.92 Å². The number of aromatic carboxylic acids is 1. The molecule has 2 aromatic rings. The summed E-state index contributed by atoms with van der Waals surface area (Å²) in [7, 11) is 1.54. The molecule has 0 aliphatic heterocycles. The molecule has 0 saturated heterocycles. The lowest BCUT2D eigenvalue weighted by Crippen LogP contribution is -2.19. The Kier molecular flexibility index (Phi) is 4.65. The molecule has 1 aliphatic carbocycles. The highest BCUT2D eigenvalue weighted by Gasteiger charge is 2.19. The molecule has 1 unspecified atom stereocenters. The molecule has 2 heterocycles. The van der Waals surface area contributed by atoms with Crippen LogP contribution in [0.5, 0.6) is 0 Å². The van der Waals surface area contributed by atoms with Crippen LogP contribution in [0.15, 0.2) is 45.1 Å². The Bertz CT molecular complexity index is 921. The van der Waals surface area contributed by atoms with Crippen molar-refractivity contribution in [2.24, 2.45) is 7.05 Å². The topological polar surface area (TPSA) is 98.2 Å². The van der Waals surface area contributed by atoms with Gasteiger partial charge in [-0.3, -0.25) is 4.79 Å². The third-order valence-corrected chi connectivity index (χ3v) is 4.26. The van der Waals surface area contributed by atoms with Gasteiger partial charge in [-0.15, -0.1) is 10.2 Å². The van der Waals surface area contributed by atoms with Crippen molar-refractivity contribution in [3.8, 4) is 11.6 Å². The third kappa shape index (κ3) is 3.60. The normalized spacial score (nSPS) is 15.0. The van der Waals surface area contributed by atoms with Crippen molar-refractivity contribution in [2.75, 3.05) is 0 Å².